The fourth-order valence-corrected chi connectivity index (χ4v) is 6.20. The first kappa shape index (κ1) is 29.6. The maximum atomic E-state index is 14.0. The van der Waals surface area contributed by atoms with E-state index in [9.17, 15) is 19.5 Å². The number of carbonyl (C=O) groups is 2. The number of esters is 1. The van der Waals surface area contributed by atoms with Gasteiger partial charge in [-0.25, -0.2) is 14.6 Å². The monoisotopic (exact) mass is 601 g/mol. The van der Waals surface area contributed by atoms with Gasteiger partial charge in [0, 0.05) is 23.3 Å². The molecular formula is C32H31N3O7S. The van der Waals surface area contributed by atoms with Gasteiger partial charge in [-0.1, -0.05) is 23.5 Å². The number of ether oxygens (including phenoxy) is 3. The van der Waals surface area contributed by atoms with Crippen LogP contribution in [0, 0.1) is 13.8 Å². The van der Waals surface area contributed by atoms with E-state index in [-0.39, 0.29) is 16.7 Å². The number of thiazole rings is 1. The number of carboxylic acid groups (broad SMARTS) is 1. The molecule has 0 saturated carbocycles. The summed E-state index contributed by atoms with van der Waals surface area (Å²) < 4.78 is 20.5. The molecule has 0 unspecified atom stereocenters. The van der Waals surface area contributed by atoms with Crippen molar-refractivity contribution in [2.75, 3.05) is 20.3 Å². The quantitative estimate of drug-likeness (QED) is 0.289. The Kier molecular flexibility index (Phi) is 8.36. The molecule has 2 aromatic heterocycles. The third-order valence-corrected chi connectivity index (χ3v) is 8.11. The SMILES string of the molecule is CCOc1ccc([C@H]2C(C(=O)OC)=CN=c3s/c(=C\c4cc(C)n(-c5cccc(C(=O)O)c5)c4C)c(=O)n32)cc1OCC. The fourth-order valence-electron chi connectivity index (χ4n) is 5.24. The second-order valence-electron chi connectivity index (χ2n) is 9.77. The van der Waals surface area contributed by atoms with Gasteiger partial charge in [0.25, 0.3) is 5.56 Å². The summed E-state index contributed by atoms with van der Waals surface area (Å²) >= 11 is 1.22. The van der Waals surface area contributed by atoms with E-state index < -0.39 is 18.0 Å². The highest BCUT2D eigenvalue weighted by molar-refractivity contribution is 7.07. The Morgan fingerprint density at radius 1 is 1.05 bits per heavy atom. The number of aromatic nitrogens is 2. The lowest BCUT2D eigenvalue weighted by atomic mass is 9.97. The number of nitrogens with zero attached hydrogens (tertiary/aromatic N) is 3. The predicted molar refractivity (Wildman–Crippen MR) is 162 cm³/mol. The summed E-state index contributed by atoms with van der Waals surface area (Å²) in [6, 6.07) is 13.2. The van der Waals surface area contributed by atoms with Gasteiger partial charge < -0.3 is 23.9 Å². The standard InChI is InChI=1S/C32H31N3O7S/c1-6-41-25-12-11-20(15-26(25)42-7-2)28-24(31(39)40-5)17-33-32-35(28)29(36)27(43-32)16-22-13-18(3)34(19(22)4)23-10-8-9-21(14-23)30(37)38/h8-17,28H,6-7H2,1-5H3,(H,37,38)/b27-16-/t28-/m0/s1. The molecular weight excluding hydrogens is 570 g/mol. The summed E-state index contributed by atoms with van der Waals surface area (Å²) in [4.78, 5) is 43.3. The van der Waals surface area contributed by atoms with Crippen LogP contribution >= 0.6 is 11.3 Å². The molecule has 0 aliphatic carbocycles. The van der Waals surface area contributed by atoms with Crippen molar-refractivity contribution in [3.63, 3.8) is 0 Å². The Labute approximate surface area is 251 Å². The molecule has 0 bridgehead atoms. The third-order valence-electron chi connectivity index (χ3n) is 7.12. The van der Waals surface area contributed by atoms with E-state index in [1.54, 1.807) is 42.5 Å². The average molecular weight is 602 g/mol. The van der Waals surface area contributed by atoms with Crippen molar-refractivity contribution in [3.8, 4) is 17.2 Å². The van der Waals surface area contributed by atoms with Gasteiger partial charge in [0.15, 0.2) is 16.3 Å². The molecule has 0 amide bonds. The van der Waals surface area contributed by atoms with Crippen molar-refractivity contribution in [3.05, 3.63) is 108 Å². The molecule has 5 rings (SSSR count). The van der Waals surface area contributed by atoms with Gasteiger partial charge in [0.2, 0.25) is 0 Å². The number of hydrogen-bond donors (Lipinski definition) is 1. The molecule has 1 aliphatic heterocycles. The Bertz CT molecular complexity index is 1950. The summed E-state index contributed by atoms with van der Waals surface area (Å²) in [6.45, 7) is 8.44. The fraction of sp³-hybridized carbons (Fsp3) is 0.250. The molecule has 0 radical (unpaired) electrons. The second-order valence-corrected chi connectivity index (χ2v) is 10.8. The normalized spacial score (nSPS) is 14.5. The molecule has 1 aliphatic rings. The van der Waals surface area contributed by atoms with E-state index in [2.05, 4.69) is 4.99 Å². The van der Waals surface area contributed by atoms with Gasteiger partial charge >= 0.3 is 11.9 Å². The first-order chi connectivity index (χ1) is 20.7. The molecule has 43 heavy (non-hydrogen) atoms. The molecule has 222 valence electrons. The molecule has 0 spiro atoms. The smallest absolute Gasteiger partial charge is 0.337 e. The number of hydrogen-bond acceptors (Lipinski definition) is 8. The van der Waals surface area contributed by atoms with Crippen molar-refractivity contribution in [2.24, 2.45) is 4.99 Å². The average Bonchev–Trinajstić information content (AvgIpc) is 3.47. The van der Waals surface area contributed by atoms with Gasteiger partial charge in [-0.3, -0.25) is 9.36 Å². The van der Waals surface area contributed by atoms with Crippen molar-refractivity contribution >= 4 is 29.4 Å². The number of carboxylic acids is 1. The van der Waals surface area contributed by atoms with Crippen LogP contribution in [0.1, 0.15) is 52.8 Å². The highest BCUT2D eigenvalue weighted by Crippen LogP contribution is 2.35. The van der Waals surface area contributed by atoms with Gasteiger partial charge in [0.05, 0.1) is 42.0 Å². The minimum Gasteiger partial charge on any atom is -0.490 e. The summed E-state index contributed by atoms with van der Waals surface area (Å²) in [7, 11) is 1.29. The number of rotatable bonds is 9. The van der Waals surface area contributed by atoms with E-state index in [0.717, 1.165) is 17.0 Å². The van der Waals surface area contributed by atoms with E-state index >= 15 is 0 Å². The van der Waals surface area contributed by atoms with Gasteiger partial charge in [-0.05, 0) is 81.3 Å². The lowest BCUT2D eigenvalue weighted by molar-refractivity contribution is -0.136. The van der Waals surface area contributed by atoms with Crippen LogP contribution in [0.4, 0.5) is 0 Å². The molecule has 2 aromatic carbocycles. The summed E-state index contributed by atoms with van der Waals surface area (Å²) in [5, 5.41) is 9.45. The maximum Gasteiger partial charge on any atom is 0.337 e. The summed E-state index contributed by atoms with van der Waals surface area (Å²) in [5.74, 6) is -0.535. The zero-order valence-electron chi connectivity index (χ0n) is 24.4. The van der Waals surface area contributed by atoms with E-state index in [1.807, 2.05) is 44.4 Å². The molecule has 0 saturated heterocycles. The molecule has 0 fully saturated rings. The second kappa shape index (κ2) is 12.1. The van der Waals surface area contributed by atoms with Crippen LogP contribution in [0.25, 0.3) is 11.8 Å². The summed E-state index contributed by atoms with van der Waals surface area (Å²) in [5.41, 5.74) is 3.95. The third kappa shape index (κ3) is 5.51. The molecule has 11 heteroatoms. The van der Waals surface area contributed by atoms with Crippen LogP contribution < -0.4 is 24.4 Å². The van der Waals surface area contributed by atoms with Crippen molar-refractivity contribution < 1.29 is 28.9 Å². The number of carbonyl (C=O) groups excluding carboxylic acids is 1. The topological polar surface area (TPSA) is 121 Å². The number of aryl methyl sites for hydroxylation is 1. The maximum absolute atomic E-state index is 14.0. The van der Waals surface area contributed by atoms with Crippen molar-refractivity contribution in [1.82, 2.24) is 9.13 Å². The molecule has 1 atom stereocenters. The summed E-state index contributed by atoms with van der Waals surface area (Å²) in [6.07, 6.45) is 3.25. The van der Waals surface area contributed by atoms with Gasteiger partial charge in [0.1, 0.15) is 0 Å². The van der Waals surface area contributed by atoms with Crippen LogP contribution in [0.5, 0.6) is 11.5 Å². The van der Waals surface area contributed by atoms with Crippen LogP contribution in [0.15, 0.2) is 70.1 Å². The van der Waals surface area contributed by atoms with Crippen LogP contribution in [-0.4, -0.2) is 46.5 Å². The minimum absolute atomic E-state index is 0.183. The Hall–Kier alpha value is -4.90. The van der Waals surface area contributed by atoms with Crippen molar-refractivity contribution in [2.45, 2.75) is 33.7 Å². The Morgan fingerprint density at radius 3 is 2.49 bits per heavy atom. The predicted octanol–water partition coefficient (Wildman–Crippen LogP) is 3.92. The van der Waals surface area contributed by atoms with E-state index in [4.69, 9.17) is 14.2 Å². The largest absolute Gasteiger partial charge is 0.490 e. The van der Waals surface area contributed by atoms with Crippen molar-refractivity contribution in [1.29, 1.82) is 0 Å². The van der Waals surface area contributed by atoms with Gasteiger partial charge in [-0.15, -0.1) is 0 Å². The highest BCUT2D eigenvalue weighted by atomic mass is 32.1. The lowest BCUT2D eigenvalue weighted by Crippen LogP contribution is -2.39. The number of fused-ring (bicyclic) bond motifs is 1. The molecule has 1 N–H and O–H groups in total. The van der Waals surface area contributed by atoms with Gasteiger partial charge in [-0.2, -0.15) is 0 Å². The van der Waals surface area contributed by atoms with Crippen LogP contribution in [0.2, 0.25) is 0 Å². The first-order valence-corrected chi connectivity index (χ1v) is 14.5. The zero-order valence-corrected chi connectivity index (χ0v) is 25.2. The van der Waals surface area contributed by atoms with E-state index in [0.29, 0.717) is 45.3 Å². The number of benzene rings is 2. The molecule has 3 heterocycles. The Morgan fingerprint density at radius 2 is 1.79 bits per heavy atom. The van der Waals surface area contributed by atoms with Crippen LogP contribution in [0.3, 0.4) is 0 Å². The lowest BCUT2D eigenvalue weighted by Gasteiger charge is -2.23. The number of methoxy groups -OCH3 is 1. The Balaban J connectivity index is 1.65. The minimum atomic E-state index is -1.01. The van der Waals surface area contributed by atoms with Crippen LogP contribution in [-0.2, 0) is 9.53 Å². The molecule has 10 nitrogen and oxygen atoms in total. The first-order valence-electron chi connectivity index (χ1n) is 13.7. The highest BCUT2D eigenvalue weighted by Gasteiger charge is 2.31. The number of aromatic carboxylic acids is 1. The van der Waals surface area contributed by atoms with E-state index in [1.165, 1.54) is 29.2 Å². The molecule has 4 aromatic rings. The zero-order chi connectivity index (χ0) is 30.8.